The second-order valence-electron chi connectivity index (χ2n) is 5.33. The zero-order valence-electron chi connectivity index (χ0n) is 12.2. The minimum absolute atomic E-state index is 0.109. The third-order valence-corrected chi connectivity index (χ3v) is 4.13. The van der Waals surface area contributed by atoms with E-state index in [-0.39, 0.29) is 6.42 Å². The minimum atomic E-state index is -0.809. The van der Waals surface area contributed by atoms with E-state index in [0.29, 0.717) is 17.0 Å². The number of carbonyl (C=O) groups is 2. The molecule has 3 aromatic rings. The van der Waals surface area contributed by atoms with Crippen molar-refractivity contribution in [1.29, 1.82) is 0 Å². The van der Waals surface area contributed by atoms with Gasteiger partial charge in [0.25, 0.3) is 0 Å². The number of aromatic nitrogens is 1. The Morgan fingerprint density at radius 3 is 2.61 bits per heavy atom. The van der Waals surface area contributed by atoms with E-state index >= 15 is 0 Å². The fourth-order valence-corrected chi connectivity index (χ4v) is 2.86. The lowest BCUT2D eigenvalue weighted by Gasteiger charge is -2.07. The van der Waals surface area contributed by atoms with E-state index in [9.17, 15) is 9.59 Å². The molecule has 2 N–H and O–H groups in total. The first-order valence-corrected chi connectivity index (χ1v) is 7.53. The second kappa shape index (κ2) is 6.26. The van der Waals surface area contributed by atoms with Gasteiger partial charge in [-0.15, -0.1) is 0 Å². The van der Waals surface area contributed by atoms with Crippen LogP contribution in [-0.4, -0.2) is 22.3 Å². The van der Waals surface area contributed by atoms with Crippen LogP contribution in [0.15, 0.2) is 42.6 Å². The quantitative estimate of drug-likeness (QED) is 0.686. The molecule has 0 aliphatic rings. The van der Waals surface area contributed by atoms with Crippen molar-refractivity contribution >= 4 is 34.8 Å². The first-order chi connectivity index (χ1) is 11.1. The van der Waals surface area contributed by atoms with Crippen LogP contribution >= 0.6 is 11.6 Å². The second-order valence-corrected chi connectivity index (χ2v) is 5.74. The van der Waals surface area contributed by atoms with Crippen molar-refractivity contribution in [3.05, 3.63) is 58.7 Å². The molecule has 4 nitrogen and oxygen atoms in total. The summed E-state index contributed by atoms with van der Waals surface area (Å²) in [5, 5.41) is 10.1. The van der Waals surface area contributed by atoms with Gasteiger partial charge in [0.15, 0.2) is 6.29 Å². The van der Waals surface area contributed by atoms with E-state index in [4.69, 9.17) is 16.7 Å². The lowest BCUT2D eigenvalue weighted by molar-refractivity contribution is -0.136. The molecule has 2 aromatic carbocycles. The fraction of sp³-hybridized carbons (Fsp3) is 0.111. The zero-order valence-corrected chi connectivity index (χ0v) is 12.9. The van der Waals surface area contributed by atoms with Gasteiger partial charge in [0.1, 0.15) is 0 Å². The summed E-state index contributed by atoms with van der Waals surface area (Å²) < 4.78 is 0. The van der Waals surface area contributed by atoms with Gasteiger partial charge in [-0.2, -0.15) is 0 Å². The van der Waals surface area contributed by atoms with Crippen molar-refractivity contribution in [3.8, 4) is 11.1 Å². The average molecular weight is 328 g/mol. The van der Waals surface area contributed by atoms with E-state index in [1.807, 2.05) is 30.3 Å². The van der Waals surface area contributed by atoms with Crippen LogP contribution in [0.4, 0.5) is 0 Å². The minimum Gasteiger partial charge on any atom is -0.481 e. The molecular formula is C18H14ClNO3. The number of halogens is 1. The predicted molar refractivity (Wildman–Crippen MR) is 90.1 cm³/mol. The van der Waals surface area contributed by atoms with Crippen LogP contribution in [0.2, 0.25) is 5.02 Å². The molecule has 5 heteroatoms. The highest BCUT2D eigenvalue weighted by Crippen LogP contribution is 2.33. The van der Waals surface area contributed by atoms with Crippen LogP contribution in [-0.2, 0) is 11.2 Å². The van der Waals surface area contributed by atoms with Gasteiger partial charge in [-0.05, 0) is 29.7 Å². The number of hydrogen-bond donors (Lipinski definition) is 2. The van der Waals surface area contributed by atoms with Crippen molar-refractivity contribution in [2.75, 3.05) is 0 Å². The molecule has 1 aromatic heterocycles. The Hall–Kier alpha value is -2.59. The highest BCUT2D eigenvalue weighted by Gasteiger charge is 2.10. The maximum atomic E-state index is 11.1. The third-order valence-electron chi connectivity index (χ3n) is 3.82. The van der Waals surface area contributed by atoms with E-state index < -0.39 is 5.97 Å². The summed E-state index contributed by atoms with van der Waals surface area (Å²) in [4.78, 5) is 24.7. The van der Waals surface area contributed by atoms with Gasteiger partial charge >= 0.3 is 5.97 Å². The predicted octanol–water partition coefficient (Wildman–Crippen LogP) is 4.32. The summed E-state index contributed by atoms with van der Waals surface area (Å²) in [6, 6.07) is 11.3. The molecule has 0 bridgehead atoms. The first-order valence-electron chi connectivity index (χ1n) is 7.15. The topological polar surface area (TPSA) is 70.2 Å². The van der Waals surface area contributed by atoms with Gasteiger partial charge in [0.05, 0.1) is 5.02 Å². The lowest BCUT2D eigenvalue weighted by Crippen LogP contribution is -1.97. The molecule has 3 rings (SSSR count). The van der Waals surface area contributed by atoms with Crippen LogP contribution in [0.5, 0.6) is 0 Å². The molecule has 116 valence electrons. The number of carboxylic acids is 1. The van der Waals surface area contributed by atoms with E-state index in [1.165, 1.54) is 0 Å². The van der Waals surface area contributed by atoms with Gasteiger partial charge in [0, 0.05) is 34.6 Å². The molecule has 0 fully saturated rings. The highest BCUT2D eigenvalue weighted by molar-refractivity contribution is 6.34. The molecule has 0 amide bonds. The molecule has 0 atom stereocenters. The Kier molecular flexibility index (Phi) is 4.17. The summed E-state index contributed by atoms with van der Waals surface area (Å²) >= 11 is 6.35. The Balaban J connectivity index is 1.97. The Morgan fingerprint density at radius 1 is 1.22 bits per heavy atom. The van der Waals surface area contributed by atoms with Gasteiger partial charge < -0.3 is 10.1 Å². The SMILES string of the molecule is O=Cc1c[nH]c2cc(Cl)c(-c3ccc(CCC(=O)O)cc3)cc12. The molecule has 0 radical (unpaired) electrons. The third kappa shape index (κ3) is 3.12. The van der Waals surface area contributed by atoms with Crippen molar-refractivity contribution < 1.29 is 14.7 Å². The number of aryl methyl sites for hydroxylation is 1. The van der Waals surface area contributed by atoms with E-state index in [2.05, 4.69) is 4.98 Å². The molecule has 0 unspecified atom stereocenters. The molecule has 23 heavy (non-hydrogen) atoms. The molecule has 0 aliphatic carbocycles. The summed E-state index contributed by atoms with van der Waals surface area (Å²) in [7, 11) is 0. The number of benzene rings is 2. The monoisotopic (exact) mass is 327 g/mol. The lowest BCUT2D eigenvalue weighted by atomic mass is 10.00. The summed E-state index contributed by atoms with van der Waals surface area (Å²) in [6.45, 7) is 0. The summed E-state index contributed by atoms with van der Waals surface area (Å²) in [6.07, 6.45) is 3.08. The van der Waals surface area contributed by atoms with Crippen LogP contribution in [0.1, 0.15) is 22.3 Å². The van der Waals surface area contributed by atoms with E-state index in [0.717, 1.165) is 33.9 Å². The van der Waals surface area contributed by atoms with Gasteiger partial charge in [0.2, 0.25) is 0 Å². The largest absolute Gasteiger partial charge is 0.481 e. The highest BCUT2D eigenvalue weighted by atomic mass is 35.5. The summed E-state index contributed by atoms with van der Waals surface area (Å²) in [5.74, 6) is -0.809. The number of aromatic amines is 1. The number of carboxylic acid groups (broad SMARTS) is 1. The Bertz CT molecular complexity index is 881. The van der Waals surface area contributed by atoms with E-state index in [1.54, 1.807) is 12.3 Å². The number of H-pyrrole nitrogens is 1. The standard InChI is InChI=1S/C18H14ClNO3/c19-16-8-17-15(13(10-21)9-20-17)7-14(16)12-4-1-11(2-5-12)3-6-18(22)23/h1-2,4-5,7-10,20H,3,6H2,(H,22,23). The van der Waals surface area contributed by atoms with Crippen molar-refractivity contribution in [1.82, 2.24) is 4.98 Å². The molecule has 0 saturated carbocycles. The number of carbonyl (C=O) groups excluding carboxylic acids is 1. The van der Waals surface area contributed by atoms with Crippen molar-refractivity contribution in [2.45, 2.75) is 12.8 Å². The maximum Gasteiger partial charge on any atom is 0.303 e. The van der Waals surface area contributed by atoms with Crippen LogP contribution in [0.3, 0.4) is 0 Å². The number of aliphatic carboxylic acids is 1. The number of fused-ring (bicyclic) bond motifs is 1. The Morgan fingerprint density at radius 2 is 1.96 bits per heavy atom. The molecule has 0 aliphatic heterocycles. The number of hydrogen-bond acceptors (Lipinski definition) is 2. The van der Waals surface area contributed by atoms with Crippen LogP contribution in [0.25, 0.3) is 22.0 Å². The number of nitrogens with one attached hydrogen (secondary N) is 1. The number of rotatable bonds is 5. The van der Waals surface area contributed by atoms with Crippen molar-refractivity contribution in [3.63, 3.8) is 0 Å². The molecule has 0 spiro atoms. The van der Waals surface area contributed by atoms with Crippen molar-refractivity contribution in [2.24, 2.45) is 0 Å². The van der Waals surface area contributed by atoms with Gasteiger partial charge in [-0.25, -0.2) is 0 Å². The van der Waals surface area contributed by atoms with Gasteiger partial charge in [-0.3, -0.25) is 9.59 Å². The maximum absolute atomic E-state index is 11.1. The van der Waals surface area contributed by atoms with Crippen LogP contribution in [0, 0.1) is 0 Å². The molecular weight excluding hydrogens is 314 g/mol. The summed E-state index contributed by atoms with van der Waals surface area (Å²) in [5.41, 5.74) is 4.14. The Labute approximate surface area is 137 Å². The van der Waals surface area contributed by atoms with Gasteiger partial charge in [-0.1, -0.05) is 35.9 Å². The fourth-order valence-electron chi connectivity index (χ4n) is 2.59. The zero-order chi connectivity index (χ0) is 16.4. The first kappa shape index (κ1) is 15.3. The number of aldehydes is 1. The van der Waals surface area contributed by atoms with Crippen LogP contribution < -0.4 is 0 Å². The molecule has 1 heterocycles. The average Bonchev–Trinajstić information content (AvgIpc) is 2.94. The normalized spacial score (nSPS) is 10.8. The molecule has 0 saturated heterocycles. The smallest absolute Gasteiger partial charge is 0.303 e.